The van der Waals surface area contributed by atoms with Gasteiger partial charge in [-0.3, -0.25) is 10.1 Å². The second-order valence-corrected chi connectivity index (χ2v) is 10.2. The maximum Gasteiger partial charge on any atom is 0.262 e. The molecule has 1 aliphatic rings. The summed E-state index contributed by atoms with van der Waals surface area (Å²) in [6.45, 7) is 0. The van der Waals surface area contributed by atoms with Crippen molar-refractivity contribution in [3.05, 3.63) is 22.4 Å². The van der Waals surface area contributed by atoms with Crippen molar-refractivity contribution in [2.45, 2.75) is 22.4 Å². The van der Waals surface area contributed by atoms with E-state index in [0.717, 1.165) is 0 Å². The molecule has 0 saturated carbocycles. The SMILES string of the molecule is O=C(N[C@H](N[C@@H]1CCS(=O)(=O)C1)C(Cl)(Cl)Cl)c1cccs1. The number of sulfone groups is 1. The van der Waals surface area contributed by atoms with Crippen LogP contribution in [0.25, 0.3) is 0 Å². The summed E-state index contributed by atoms with van der Waals surface area (Å²) in [4.78, 5) is 12.5. The standard InChI is InChI=1S/C11H13Cl3N2O3S2/c12-11(13,14)10(15-7-3-5-21(18,19)6-7)16-9(17)8-2-1-4-20-8/h1-2,4,7,10,15H,3,5-6H2,(H,16,17)/t7-,10+/m1/s1. The molecule has 10 heteroatoms. The fourth-order valence-corrected chi connectivity index (χ4v) is 4.66. The Balaban J connectivity index is 2.04. The highest BCUT2D eigenvalue weighted by atomic mass is 35.6. The number of rotatable bonds is 4. The Labute approximate surface area is 141 Å². The number of hydrogen-bond acceptors (Lipinski definition) is 5. The van der Waals surface area contributed by atoms with E-state index in [1.807, 2.05) is 0 Å². The molecule has 2 N–H and O–H groups in total. The monoisotopic (exact) mass is 390 g/mol. The van der Waals surface area contributed by atoms with E-state index in [0.29, 0.717) is 11.3 Å². The maximum atomic E-state index is 12.0. The maximum absolute atomic E-state index is 12.0. The molecular formula is C11H13Cl3N2O3S2. The third kappa shape index (κ3) is 4.97. The van der Waals surface area contributed by atoms with Gasteiger partial charge in [0.15, 0.2) is 9.84 Å². The highest BCUT2D eigenvalue weighted by Gasteiger charge is 2.38. The van der Waals surface area contributed by atoms with E-state index in [2.05, 4.69) is 10.6 Å². The Morgan fingerprint density at radius 2 is 2.14 bits per heavy atom. The molecule has 1 fully saturated rings. The largest absolute Gasteiger partial charge is 0.332 e. The van der Waals surface area contributed by atoms with Crippen LogP contribution in [0.2, 0.25) is 0 Å². The molecule has 0 unspecified atom stereocenters. The molecule has 1 aromatic heterocycles. The second kappa shape index (κ2) is 6.60. The predicted octanol–water partition coefficient (Wildman–Crippen LogP) is 1.95. The van der Waals surface area contributed by atoms with Gasteiger partial charge in [0.2, 0.25) is 3.79 Å². The number of carbonyl (C=O) groups is 1. The van der Waals surface area contributed by atoms with Crippen LogP contribution in [0, 0.1) is 0 Å². The Morgan fingerprint density at radius 3 is 2.62 bits per heavy atom. The number of carbonyl (C=O) groups excluding carboxylic acids is 1. The quantitative estimate of drug-likeness (QED) is 0.607. The zero-order valence-corrected chi connectivity index (χ0v) is 14.6. The van der Waals surface area contributed by atoms with E-state index in [9.17, 15) is 13.2 Å². The summed E-state index contributed by atoms with van der Waals surface area (Å²) in [5.74, 6) is -0.315. The van der Waals surface area contributed by atoms with Gasteiger partial charge >= 0.3 is 0 Å². The lowest BCUT2D eigenvalue weighted by Gasteiger charge is -2.28. The highest BCUT2D eigenvalue weighted by molar-refractivity contribution is 7.91. The number of amides is 1. The van der Waals surface area contributed by atoms with Gasteiger partial charge < -0.3 is 5.32 Å². The van der Waals surface area contributed by atoms with E-state index in [-0.39, 0.29) is 23.5 Å². The summed E-state index contributed by atoms with van der Waals surface area (Å²) in [6, 6.07) is 3.04. The number of nitrogens with one attached hydrogen (secondary N) is 2. The average Bonchev–Trinajstić information content (AvgIpc) is 2.96. The van der Waals surface area contributed by atoms with Gasteiger partial charge in [0, 0.05) is 6.04 Å². The summed E-state index contributed by atoms with van der Waals surface area (Å²) in [5.41, 5.74) is 0. The van der Waals surface area contributed by atoms with Gasteiger partial charge in [-0.2, -0.15) is 0 Å². The van der Waals surface area contributed by atoms with Crippen LogP contribution in [-0.4, -0.2) is 41.8 Å². The van der Waals surface area contributed by atoms with Gasteiger partial charge in [0.25, 0.3) is 5.91 Å². The van der Waals surface area contributed by atoms with Gasteiger partial charge in [-0.05, 0) is 17.9 Å². The number of hydrogen-bond donors (Lipinski definition) is 2. The third-order valence-corrected chi connectivity index (χ3v) is 6.27. The van der Waals surface area contributed by atoms with E-state index >= 15 is 0 Å². The molecule has 0 radical (unpaired) electrons. The van der Waals surface area contributed by atoms with Crippen LogP contribution < -0.4 is 10.6 Å². The summed E-state index contributed by atoms with van der Waals surface area (Å²) in [6.07, 6.45) is -0.551. The molecule has 1 amide bonds. The van der Waals surface area contributed by atoms with E-state index < -0.39 is 19.8 Å². The van der Waals surface area contributed by atoms with Crippen LogP contribution in [0.15, 0.2) is 17.5 Å². The molecule has 1 aromatic rings. The van der Waals surface area contributed by atoms with Crippen molar-refractivity contribution in [3.63, 3.8) is 0 Å². The molecule has 118 valence electrons. The van der Waals surface area contributed by atoms with Crippen molar-refractivity contribution >= 4 is 61.9 Å². The number of halogens is 3. The number of thiophene rings is 1. The zero-order chi connectivity index (χ0) is 15.7. The van der Waals surface area contributed by atoms with Gasteiger partial charge in [0.1, 0.15) is 6.17 Å². The first-order chi connectivity index (χ1) is 9.67. The van der Waals surface area contributed by atoms with Crippen LogP contribution in [0.4, 0.5) is 0 Å². The predicted molar refractivity (Wildman–Crippen MR) is 86.1 cm³/mol. The van der Waals surface area contributed by atoms with Gasteiger partial charge in [0.05, 0.1) is 16.4 Å². The molecule has 1 aliphatic heterocycles. The average molecular weight is 392 g/mol. The molecule has 0 aromatic carbocycles. The van der Waals surface area contributed by atoms with E-state index in [1.165, 1.54) is 11.3 Å². The van der Waals surface area contributed by atoms with E-state index in [4.69, 9.17) is 34.8 Å². The van der Waals surface area contributed by atoms with Gasteiger partial charge in [-0.25, -0.2) is 8.42 Å². The minimum atomic E-state index is -3.06. The fourth-order valence-electron chi connectivity index (χ4n) is 1.99. The van der Waals surface area contributed by atoms with E-state index in [1.54, 1.807) is 17.5 Å². The summed E-state index contributed by atoms with van der Waals surface area (Å²) in [7, 11) is -3.06. The van der Waals surface area contributed by atoms with Crippen LogP contribution in [0.3, 0.4) is 0 Å². The molecular weight excluding hydrogens is 379 g/mol. The summed E-state index contributed by atoms with van der Waals surface area (Å²) >= 11 is 18.8. The van der Waals surface area contributed by atoms with Crippen molar-refractivity contribution < 1.29 is 13.2 Å². The summed E-state index contributed by atoms with van der Waals surface area (Å²) < 4.78 is 21.1. The first-order valence-electron chi connectivity index (χ1n) is 6.05. The minimum Gasteiger partial charge on any atom is -0.332 e. The first kappa shape index (κ1) is 17.3. The van der Waals surface area contributed by atoms with Crippen LogP contribution >= 0.6 is 46.1 Å². The van der Waals surface area contributed by atoms with Crippen molar-refractivity contribution in [1.29, 1.82) is 0 Å². The Morgan fingerprint density at radius 1 is 1.43 bits per heavy atom. The smallest absolute Gasteiger partial charge is 0.262 e. The van der Waals surface area contributed by atoms with Crippen LogP contribution in [0.5, 0.6) is 0 Å². The van der Waals surface area contributed by atoms with Crippen molar-refractivity contribution in [2.75, 3.05) is 11.5 Å². The van der Waals surface area contributed by atoms with Crippen LogP contribution in [-0.2, 0) is 9.84 Å². The molecule has 0 bridgehead atoms. The van der Waals surface area contributed by atoms with Crippen molar-refractivity contribution in [1.82, 2.24) is 10.6 Å². The first-order valence-corrected chi connectivity index (χ1v) is 9.88. The zero-order valence-electron chi connectivity index (χ0n) is 10.7. The molecule has 2 heterocycles. The van der Waals surface area contributed by atoms with Crippen molar-refractivity contribution in [2.24, 2.45) is 0 Å². The third-order valence-electron chi connectivity index (χ3n) is 2.98. The minimum absolute atomic E-state index is 0.0287. The Kier molecular flexibility index (Phi) is 5.44. The molecule has 2 atom stereocenters. The molecule has 5 nitrogen and oxygen atoms in total. The lowest BCUT2D eigenvalue weighted by Crippen LogP contribution is -2.56. The lowest BCUT2D eigenvalue weighted by molar-refractivity contribution is 0.0931. The lowest BCUT2D eigenvalue weighted by atomic mass is 10.2. The fraction of sp³-hybridized carbons (Fsp3) is 0.545. The molecule has 0 spiro atoms. The summed E-state index contributed by atoms with van der Waals surface area (Å²) in [5, 5.41) is 7.25. The molecule has 1 saturated heterocycles. The molecule has 2 rings (SSSR count). The highest BCUT2D eigenvalue weighted by Crippen LogP contribution is 2.30. The topological polar surface area (TPSA) is 75.3 Å². The Bertz CT molecular complexity index is 599. The number of alkyl halides is 3. The second-order valence-electron chi connectivity index (χ2n) is 4.69. The molecule has 21 heavy (non-hydrogen) atoms. The Hall–Kier alpha value is -0.0500. The normalized spacial score (nSPS) is 22.9. The van der Waals surface area contributed by atoms with Gasteiger partial charge in [-0.1, -0.05) is 40.9 Å². The van der Waals surface area contributed by atoms with Crippen molar-refractivity contribution in [3.8, 4) is 0 Å². The molecule has 0 aliphatic carbocycles. The van der Waals surface area contributed by atoms with Crippen LogP contribution in [0.1, 0.15) is 16.1 Å². The van der Waals surface area contributed by atoms with Gasteiger partial charge in [-0.15, -0.1) is 11.3 Å².